The quantitative estimate of drug-likeness (QED) is 0.861. The Labute approximate surface area is 100 Å². The van der Waals surface area contributed by atoms with E-state index in [1.807, 2.05) is 32.9 Å². The van der Waals surface area contributed by atoms with E-state index in [0.29, 0.717) is 0 Å². The molecule has 0 fully saturated rings. The first-order valence-corrected chi connectivity index (χ1v) is 5.56. The number of nitrogens with zero attached hydrogens (tertiary/aromatic N) is 1. The van der Waals surface area contributed by atoms with E-state index >= 15 is 0 Å². The molecule has 0 radical (unpaired) electrons. The van der Waals surface area contributed by atoms with Gasteiger partial charge in [-0.1, -0.05) is 11.6 Å². The van der Waals surface area contributed by atoms with Crippen LogP contribution in [0, 0.1) is 20.8 Å². The average Bonchev–Trinajstić information content (AvgIpc) is 2.19. The Balaban J connectivity index is 2.77. The van der Waals surface area contributed by atoms with Crippen LogP contribution in [0.2, 0.25) is 0 Å². The molecule has 1 aromatic carbocycles. The van der Waals surface area contributed by atoms with E-state index < -0.39 is 5.97 Å². The molecular formula is C14H15NO2. The number of hydrogen-bond acceptors (Lipinski definition) is 2. The topological polar surface area (TPSA) is 50.2 Å². The Morgan fingerprint density at radius 1 is 1.24 bits per heavy atom. The van der Waals surface area contributed by atoms with E-state index in [0.717, 1.165) is 33.3 Å². The second-order valence-corrected chi connectivity index (χ2v) is 4.47. The minimum absolute atomic E-state index is 0.0219. The molecule has 1 heterocycles. The first-order valence-electron chi connectivity index (χ1n) is 5.56. The molecule has 0 bridgehead atoms. The smallest absolute Gasteiger partial charge is 0.307 e. The molecule has 88 valence electrons. The third kappa shape index (κ3) is 2.28. The van der Waals surface area contributed by atoms with Crippen molar-refractivity contribution in [1.82, 2.24) is 4.98 Å². The van der Waals surface area contributed by atoms with Gasteiger partial charge in [0.25, 0.3) is 0 Å². The van der Waals surface area contributed by atoms with Gasteiger partial charge in [0.05, 0.1) is 11.9 Å². The number of fused-ring (bicyclic) bond motifs is 1. The highest BCUT2D eigenvalue weighted by Crippen LogP contribution is 2.23. The number of carboxylic acid groups (broad SMARTS) is 1. The van der Waals surface area contributed by atoms with E-state index in [1.54, 1.807) is 0 Å². The van der Waals surface area contributed by atoms with Gasteiger partial charge >= 0.3 is 5.97 Å². The Morgan fingerprint density at radius 3 is 2.59 bits per heavy atom. The molecule has 0 spiro atoms. The maximum atomic E-state index is 10.9. The van der Waals surface area contributed by atoms with Crippen LogP contribution in [0.5, 0.6) is 0 Å². The monoisotopic (exact) mass is 229 g/mol. The predicted octanol–water partition coefficient (Wildman–Crippen LogP) is 2.79. The average molecular weight is 229 g/mol. The fourth-order valence-electron chi connectivity index (χ4n) is 2.18. The number of aliphatic carboxylic acids is 1. The van der Waals surface area contributed by atoms with E-state index in [1.165, 1.54) is 0 Å². The van der Waals surface area contributed by atoms with Gasteiger partial charge in [0.1, 0.15) is 0 Å². The summed E-state index contributed by atoms with van der Waals surface area (Å²) in [5.74, 6) is -0.821. The first kappa shape index (κ1) is 11.6. The van der Waals surface area contributed by atoms with Crippen molar-refractivity contribution in [3.05, 3.63) is 40.6 Å². The van der Waals surface area contributed by atoms with Crippen molar-refractivity contribution < 1.29 is 9.90 Å². The van der Waals surface area contributed by atoms with Crippen molar-refractivity contribution in [2.75, 3.05) is 0 Å². The van der Waals surface area contributed by atoms with Crippen molar-refractivity contribution in [3.8, 4) is 0 Å². The lowest BCUT2D eigenvalue weighted by atomic mass is 10.00. The van der Waals surface area contributed by atoms with Gasteiger partial charge in [-0.25, -0.2) is 0 Å². The molecule has 0 aliphatic heterocycles. The van der Waals surface area contributed by atoms with Gasteiger partial charge in [0.2, 0.25) is 0 Å². The summed E-state index contributed by atoms with van der Waals surface area (Å²) in [7, 11) is 0. The maximum absolute atomic E-state index is 10.9. The second-order valence-electron chi connectivity index (χ2n) is 4.47. The van der Waals surface area contributed by atoms with Crippen LogP contribution < -0.4 is 0 Å². The van der Waals surface area contributed by atoms with Crippen molar-refractivity contribution in [2.45, 2.75) is 27.2 Å². The van der Waals surface area contributed by atoms with E-state index in [4.69, 9.17) is 5.11 Å². The van der Waals surface area contributed by atoms with Crippen LogP contribution >= 0.6 is 0 Å². The zero-order valence-electron chi connectivity index (χ0n) is 10.2. The maximum Gasteiger partial charge on any atom is 0.307 e. The second kappa shape index (κ2) is 4.17. The molecule has 3 nitrogen and oxygen atoms in total. The van der Waals surface area contributed by atoms with Gasteiger partial charge in [0, 0.05) is 11.1 Å². The number of benzene rings is 1. The summed E-state index contributed by atoms with van der Waals surface area (Å²) in [5, 5.41) is 9.98. The summed E-state index contributed by atoms with van der Waals surface area (Å²) in [5.41, 5.74) is 4.74. The van der Waals surface area contributed by atoms with Gasteiger partial charge in [0.15, 0.2) is 0 Å². The highest BCUT2D eigenvalue weighted by Gasteiger charge is 2.10. The van der Waals surface area contributed by atoms with E-state index in [2.05, 4.69) is 11.1 Å². The number of carboxylic acids is 1. The van der Waals surface area contributed by atoms with Gasteiger partial charge in [-0.15, -0.1) is 0 Å². The molecule has 0 aliphatic carbocycles. The molecule has 3 heteroatoms. The molecular weight excluding hydrogens is 214 g/mol. The SMILES string of the molecule is Cc1cc(CC(=O)O)c2nc(C)cc(C)c2c1. The Hall–Kier alpha value is -1.90. The lowest BCUT2D eigenvalue weighted by molar-refractivity contribution is -0.136. The largest absolute Gasteiger partial charge is 0.481 e. The van der Waals surface area contributed by atoms with Crippen molar-refractivity contribution in [2.24, 2.45) is 0 Å². The minimum Gasteiger partial charge on any atom is -0.481 e. The van der Waals surface area contributed by atoms with E-state index in [9.17, 15) is 4.79 Å². The molecule has 0 saturated carbocycles. The van der Waals surface area contributed by atoms with Gasteiger partial charge in [-0.3, -0.25) is 9.78 Å². The van der Waals surface area contributed by atoms with Crippen molar-refractivity contribution >= 4 is 16.9 Å². The van der Waals surface area contributed by atoms with E-state index in [-0.39, 0.29) is 6.42 Å². The highest BCUT2D eigenvalue weighted by atomic mass is 16.4. The fraction of sp³-hybridized carbons (Fsp3) is 0.286. The number of rotatable bonds is 2. The molecule has 2 aromatic rings. The zero-order valence-corrected chi connectivity index (χ0v) is 10.2. The molecule has 0 saturated heterocycles. The molecule has 0 amide bonds. The zero-order chi connectivity index (χ0) is 12.6. The van der Waals surface area contributed by atoms with Gasteiger partial charge in [-0.05, 0) is 44.0 Å². The number of aromatic nitrogens is 1. The van der Waals surface area contributed by atoms with Crippen LogP contribution in [-0.2, 0) is 11.2 Å². The molecule has 0 aliphatic rings. The highest BCUT2D eigenvalue weighted by molar-refractivity contribution is 5.88. The fourth-order valence-corrected chi connectivity index (χ4v) is 2.18. The summed E-state index contributed by atoms with van der Waals surface area (Å²) in [4.78, 5) is 15.3. The van der Waals surface area contributed by atoms with Crippen LogP contribution in [0.3, 0.4) is 0 Å². The molecule has 0 unspecified atom stereocenters. The van der Waals surface area contributed by atoms with Crippen LogP contribution in [0.4, 0.5) is 0 Å². The predicted molar refractivity (Wildman–Crippen MR) is 67.3 cm³/mol. The summed E-state index contributed by atoms with van der Waals surface area (Å²) in [6.07, 6.45) is 0.0219. The lowest BCUT2D eigenvalue weighted by Gasteiger charge is -2.09. The third-order valence-corrected chi connectivity index (χ3v) is 2.81. The van der Waals surface area contributed by atoms with Crippen LogP contribution in [-0.4, -0.2) is 16.1 Å². The summed E-state index contributed by atoms with van der Waals surface area (Å²) in [6, 6.07) is 5.98. The van der Waals surface area contributed by atoms with Crippen LogP contribution in [0.15, 0.2) is 18.2 Å². The van der Waals surface area contributed by atoms with Gasteiger partial charge < -0.3 is 5.11 Å². The number of hydrogen-bond donors (Lipinski definition) is 1. The lowest BCUT2D eigenvalue weighted by Crippen LogP contribution is -2.03. The molecule has 1 N–H and O–H groups in total. The molecule has 1 aromatic heterocycles. The molecule has 0 atom stereocenters. The molecule has 17 heavy (non-hydrogen) atoms. The summed E-state index contributed by atoms with van der Waals surface area (Å²) in [6.45, 7) is 5.93. The minimum atomic E-state index is -0.821. The molecule has 2 rings (SSSR count). The number of aryl methyl sites for hydroxylation is 3. The van der Waals surface area contributed by atoms with Crippen molar-refractivity contribution in [1.29, 1.82) is 0 Å². The number of carbonyl (C=O) groups is 1. The third-order valence-electron chi connectivity index (χ3n) is 2.81. The van der Waals surface area contributed by atoms with Crippen LogP contribution in [0.1, 0.15) is 22.4 Å². The Morgan fingerprint density at radius 2 is 1.94 bits per heavy atom. The standard InChI is InChI=1S/C14H15NO2/c1-8-4-11(7-13(16)17)14-12(5-8)9(2)6-10(3)15-14/h4-6H,7H2,1-3H3,(H,16,17). The van der Waals surface area contributed by atoms with Gasteiger partial charge in [-0.2, -0.15) is 0 Å². The van der Waals surface area contributed by atoms with Crippen molar-refractivity contribution in [3.63, 3.8) is 0 Å². The first-order chi connectivity index (χ1) is 7.97. The normalized spacial score (nSPS) is 10.8. The Bertz CT molecular complexity index is 603. The Kier molecular flexibility index (Phi) is 2.84. The summed E-state index contributed by atoms with van der Waals surface area (Å²) >= 11 is 0. The number of pyridine rings is 1. The van der Waals surface area contributed by atoms with Crippen LogP contribution in [0.25, 0.3) is 10.9 Å². The summed E-state index contributed by atoms with van der Waals surface area (Å²) < 4.78 is 0.